The number of carboxylic acid groups (broad SMARTS) is 1. The predicted molar refractivity (Wildman–Crippen MR) is 103 cm³/mol. The minimum Gasteiger partial charge on any atom is -0.479 e. The molecule has 2 aliphatic rings. The quantitative estimate of drug-likeness (QED) is 0.714. The van der Waals surface area contributed by atoms with Crippen molar-refractivity contribution in [2.24, 2.45) is 5.92 Å². The lowest BCUT2D eigenvalue weighted by molar-refractivity contribution is -0.155. The normalized spacial score (nSPS) is 24.6. The molecule has 2 fully saturated rings. The van der Waals surface area contributed by atoms with E-state index in [-0.39, 0.29) is 17.9 Å². The third-order valence-electron chi connectivity index (χ3n) is 5.26. The summed E-state index contributed by atoms with van der Waals surface area (Å²) in [6.45, 7) is 3.65. The first kappa shape index (κ1) is 20.1. The van der Waals surface area contributed by atoms with E-state index in [1.165, 1.54) is 0 Å². The molecule has 0 aliphatic carbocycles. The zero-order valence-corrected chi connectivity index (χ0v) is 16.0. The topological polar surface area (TPSA) is 108 Å². The van der Waals surface area contributed by atoms with Crippen molar-refractivity contribution in [2.75, 3.05) is 25.0 Å². The van der Waals surface area contributed by atoms with Gasteiger partial charge in [-0.15, -0.1) is 0 Å². The van der Waals surface area contributed by atoms with Crippen LogP contribution in [-0.4, -0.2) is 59.8 Å². The first-order chi connectivity index (χ1) is 13.4. The number of aliphatic carboxylic acids is 1. The number of urea groups is 1. The van der Waals surface area contributed by atoms with Gasteiger partial charge in [0.05, 0.1) is 0 Å². The maximum Gasteiger partial charge on any atom is 0.332 e. The number of rotatable bonds is 5. The SMILES string of the molecule is Cc1ccc(NC(=O)NCC2CCCN(C(=O)[C@@H]3CC[C@H](C(=O)O)O3)C2)cc1. The van der Waals surface area contributed by atoms with Gasteiger partial charge < -0.3 is 25.4 Å². The van der Waals surface area contributed by atoms with E-state index in [1.54, 1.807) is 4.90 Å². The highest BCUT2D eigenvalue weighted by Gasteiger charge is 2.37. The second-order valence-electron chi connectivity index (χ2n) is 7.52. The van der Waals surface area contributed by atoms with Gasteiger partial charge in [-0.3, -0.25) is 4.79 Å². The molecule has 1 unspecified atom stereocenters. The largest absolute Gasteiger partial charge is 0.479 e. The fraction of sp³-hybridized carbons (Fsp3) is 0.550. The van der Waals surface area contributed by atoms with Gasteiger partial charge >= 0.3 is 12.0 Å². The van der Waals surface area contributed by atoms with Gasteiger partial charge in [-0.25, -0.2) is 9.59 Å². The van der Waals surface area contributed by atoms with Crippen LogP contribution in [0.15, 0.2) is 24.3 Å². The number of hydrogen-bond acceptors (Lipinski definition) is 4. The second kappa shape index (κ2) is 9.05. The standard InChI is InChI=1S/C20H27N3O5/c1-13-4-6-15(7-5-13)22-20(27)21-11-14-3-2-10-23(12-14)18(24)16-8-9-17(28-16)19(25)26/h4-7,14,16-17H,2-3,8-12H2,1H3,(H,25,26)(H2,21,22,27)/t14?,16-,17+/m0/s1. The predicted octanol–water partition coefficient (Wildman–Crippen LogP) is 1.99. The molecular formula is C20H27N3O5. The molecule has 0 bridgehead atoms. The lowest BCUT2D eigenvalue weighted by Gasteiger charge is -2.34. The molecule has 152 valence electrons. The fourth-order valence-electron chi connectivity index (χ4n) is 3.69. The number of amides is 3. The number of benzene rings is 1. The molecule has 2 aliphatic heterocycles. The third-order valence-corrected chi connectivity index (χ3v) is 5.26. The Balaban J connectivity index is 1.44. The molecular weight excluding hydrogens is 362 g/mol. The number of hydrogen-bond donors (Lipinski definition) is 3. The molecule has 0 spiro atoms. The van der Waals surface area contributed by atoms with Gasteiger partial charge in [0.2, 0.25) is 0 Å². The Kier molecular flexibility index (Phi) is 6.51. The highest BCUT2D eigenvalue weighted by molar-refractivity contribution is 5.89. The number of carbonyl (C=O) groups is 3. The molecule has 1 aromatic rings. The third kappa shape index (κ3) is 5.22. The van der Waals surface area contributed by atoms with Crippen LogP contribution in [0.2, 0.25) is 0 Å². The van der Waals surface area contributed by atoms with E-state index in [0.717, 1.165) is 24.1 Å². The molecule has 8 nitrogen and oxygen atoms in total. The van der Waals surface area contributed by atoms with E-state index in [1.807, 2.05) is 31.2 Å². The van der Waals surface area contributed by atoms with Crippen LogP contribution < -0.4 is 10.6 Å². The maximum absolute atomic E-state index is 12.6. The van der Waals surface area contributed by atoms with Crippen LogP contribution in [0.3, 0.4) is 0 Å². The van der Waals surface area contributed by atoms with Crippen LogP contribution in [0.1, 0.15) is 31.2 Å². The van der Waals surface area contributed by atoms with Gasteiger partial charge in [-0.05, 0) is 50.7 Å². The van der Waals surface area contributed by atoms with Crippen LogP contribution in [-0.2, 0) is 14.3 Å². The zero-order valence-electron chi connectivity index (χ0n) is 16.0. The summed E-state index contributed by atoms with van der Waals surface area (Å²) in [5.74, 6) is -0.994. The summed E-state index contributed by atoms with van der Waals surface area (Å²) in [4.78, 5) is 37.5. The Hall–Kier alpha value is -2.61. The molecule has 0 aromatic heterocycles. The number of nitrogens with one attached hydrogen (secondary N) is 2. The number of carbonyl (C=O) groups excluding carboxylic acids is 2. The minimum atomic E-state index is -1.02. The summed E-state index contributed by atoms with van der Waals surface area (Å²) in [7, 11) is 0. The first-order valence-electron chi connectivity index (χ1n) is 9.71. The Labute approximate surface area is 164 Å². The summed E-state index contributed by atoms with van der Waals surface area (Å²) in [6.07, 6.45) is 1.03. The van der Waals surface area contributed by atoms with Crippen molar-refractivity contribution in [3.8, 4) is 0 Å². The number of piperidine rings is 1. The Morgan fingerprint density at radius 2 is 1.86 bits per heavy atom. The first-order valence-corrected chi connectivity index (χ1v) is 9.71. The lowest BCUT2D eigenvalue weighted by atomic mass is 9.97. The van der Waals surface area contributed by atoms with Gasteiger partial charge in [0.1, 0.15) is 6.10 Å². The van der Waals surface area contributed by atoms with Crippen LogP contribution in [0, 0.1) is 12.8 Å². The molecule has 0 saturated carbocycles. The van der Waals surface area contributed by atoms with Gasteiger partial charge in [0, 0.05) is 25.3 Å². The van der Waals surface area contributed by atoms with Gasteiger partial charge in [0.15, 0.2) is 6.10 Å². The summed E-state index contributed by atoms with van der Waals surface area (Å²) < 4.78 is 5.38. The second-order valence-corrected chi connectivity index (χ2v) is 7.52. The Bertz CT molecular complexity index is 721. The number of nitrogens with zero attached hydrogens (tertiary/aromatic N) is 1. The van der Waals surface area contributed by atoms with E-state index in [2.05, 4.69) is 10.6 Å². The molecule has 2 heterocycles. The van der Waals surface area contributed by atoms with Crippen LogP contribution in [0.25, 0.3) is 0 Å². The van der Waals surface area contributed by atoms with Crippen molar-refractivity contribution in [1.82, 2.24) is 10.2 Å². The molecule has 1 aromatic carbocycles. The molecule has 3 atom stereocenters. The summed E-state index contributed by atoms with van der Waals surface area (Å²) in [6, 6.07) is 7.29. The van der Waals surface area contributed by atoms with Gasteiger partial charge in [-0.1, -0.05) is 17.7 Å². The van der Waals surface area contributed by atoms with Gasteiger partial charge in [-0.2, -0.15) is 0 Å². The van der Waals surface area contributed by atoms with E-state index in [0.29, 0.717) is 32.5 Å². The highest BCUT2D eigenvalue weighted by atomic mass is 16.5. The number of carboxylic acids is 1. The Morgan fingerprint density at radius 1 is 1.14 bits per heavy atom. The molecule has 3 N–H and O–H groups in total. The minimum absolute atomic E-state index is 0.141. The number of likely N-dealkylation sites (tertiary alicyclic amines) is 1. The average Bonchev–Trinajstić information content (AvgIpc) is 3.18. The molecule has 0 radical (unpaired) electrons. The van der Waals surface area contributed by atoms with Crippen molar-refractivity contribution >= 4 is 23.6 Å². The molecule has 8 heteroatoms. The monoisotopic (exact) mass is 389 g/mol. The van der Waals surface area contributed by atoms with Crippen molar-refractivity contribution in [1.29, 1.82) is 0 Å². The molecule has 3 rings (SSSR count). The van der Waals surface area contributed by atoms with E-state index >= 15 is 0 Å². The zero-order chi connectivity index (χ0) is 20.1. The maximum atomic E-state index is 12.6. The van der Waals surface area contributed by atoms with Crippen LogP contribution in [0.5, 0.6) is 0 Å². The van der Waals surface area contributed by atoms with Gasteiger partial charge in [0.25, 0.3) is 5.91 Å². The van der Waals surface area contributed by atoms with Crippen molar-refractivity contribution in [3.05, 3.63) is 29.8 Å². The molecule has 2 saturated heterocycles. The van der Waals surface area contributed by atoms with E-state index in [9.17, 15) is 14.4 Å². The summed E-state index contributed by atoms with van der Waals surface area (Å²) in [5, 5.41) is 14.7. The van der Waals surface area contributed by atoms with Crippen LogP contribution >= 0.6 is 0 Å². The number of ether oxygens (including phenoxy) is 1. The number of anilines is 1. The van der Waals surface area contributed by atoms with E-state index in [4.69, 9.17) is 9.84 Å². The van der Waals surface area contributed by atoms with E-state index < -0.39 is 18.2 Å². The summed E-state index contributed by atoms with van der Waals surface area (Å²) >= 11 is 0. The Morgan fingerprint density at radius 3 is 2.54 bits per heavy atom. The average molecular weight is 389 g/mol. The van der Waals surface area contributed by atoms with Crippen molar-refractivity contribution < 1.29 is 24.2 Å². The van der Waals surface area contributed by atoms with Crippen molar-refractivity contribution in [3.63, 3.8) is 0 Å². The van der Waals surface area contributed by atoms with Crippen LogP contribution in [0.4, 0.5) is 10.5 Å². The van der Waals surface area contributed by atoms with Crippen molar-refractivity contribution in [2.45, 2.75) is 44.8 Å². The smallest absolute Gasteiger partial charge is 0.332 e. The number of aryl methyl sites for hydroxylation is 1. The fourth-order valence-corrected chi connectivity index (χ4v) is 3.69. The highest BCUT2D eigenvalue weighted by Crippen LogP contribution is 2.24. The molecule has 28 heavy (non-hydrogen) atoms. The summed E-state index contributed by atoms with van der Waals surface area (Å²) in [5.41, 5.74) is 1.86. The molecule has 3 amide bonds. The lowest BCUT2D eigenvalue weighted by Crippen LogP contribution is -2.47.